The molecule has 2 aromatic carbocycles. The first-order valence-electron chi connectivity index (χ1n) is 11.7. The van der Waals surface area contributed by atoms with Gasteiger partial charge >= 0.3 is 0 Å². The van der Waals surface area contributed by atoms with E-state index in [4.69, 9.17) is 22.3 Å². The Morgan fingerprint density at radius 1 is 1.18 bits per heavy atom. The van der Waals surface area contributed by atoms with Crippen LogP contribution in [0.3, 0.4) is 0 Å². The number of rotatable bonds is 5. The number of halogens is 1. The van der Waals surface area contributed by atoms with Crippen LogP contribution in [0.25, 0.3) is 33.5 Å². The molecule has 0 unspecified atom stereocenters. The molecule has 4 aromatic rings. The summed E-state index contributed by atoms with van der Waals surface area (Å²) in [5.41, 5.74) is 12.0. The van der Waals surface area contributed by atoms with Crippen molar-refractivity contribution in [2.75, 3.05) is 13.1 Å². The van der Waals surface area contributed by atoms with E-state index in [9.17, 15) is 4.79 Å². The number of benzene rings is 2. The minimum absolute atomic E-state index is 0.0393. The van der Waals surface area contributed by atoms with Crippen LogP contribution in [0.2, 0.25) is 5.02 Å². The van der Waals surface area contributed by atoms with Crippen molar-refractivity contribution in [1.82, 2.24) is 19.0 Å². The predicted molar refractivity (Wildman–Crippen MR) is 133 cm³/mol. The summed E-state index contributed by atoms with van der Waals surface area (Å²) < 4.78 is 4.55. The van der Waals surface area contributed by atoms with E-state index in [0.29, 0.717) is 13.1 Å². The number of fused-ring (bicyclic) bond motifs is 3. The number of hydrogen-bond acceptors (Lipinski definition) is 3. The summed E-state index contributed by atoms with van der Waals surface area (Å²) >= 11 is 6.30. The van der Waals surface area contributed by atoms with Gasteiger partial charge in [0, 0.05) is 54.2 Å². The van der Waals surface area contributed by atoms with Crippen LogP contribution in [0.1, 0.15) is 35.7 Å². The zero-order valence-corrected chi connectivity index (χ0v) is 19.8. The van der Waals surface area contributed by atoms with Gasteiger partial charge in [-0.2, -0.15) is 0 Å². The van der Waals surface area contributed by atoms with Crippen molar-refractivity contribution in [3.63, 3.8) is 0 Å². The average molecular weight is 462 g/mol. The maximum atomic E-state index is 13.1. The zero-order chi connectivity index (χ0) is 22.9. The van der Waals surface area contributed by atoms with Gasteiger partial charge in [-0.1, -0.05) is 11.6 Å². The van der Waals surface area contributed by atoms with E-state index in [1.165, 1.54) is 18.4 Å². The van der Waals surface area contributed by atoms with E-state index in [1.54, 1.807) is 0 Å². The molecule has 1 saturated carbocycles. The average Bonchev–Trinajstić information content (AvgIpc) is 3.46. The molecule has 3 heterocycles. The van der Waals surface area contributed by atoms with Gasteiger partial charge in [-0.3, -0.25) is 4.79 Å². The van der Waals surface area contributed by atoms with Crippen molar-refractivity contribution in [2.45, 2.75) is 38.8 Å². The second kappa shape index (κ2) is 7.61. The van der Waals surface area contributed by atoms with Crippen LogP contribution < -0.4 is 5.73 Å². The smallest absolute Gasteiger partial charge is 0.254 e. The molecular formula is C26H28ClN5O. The van der Waals surface area contributed by atoms with Crippen LogP contribution in [0.15, 0.2) is 36.4 Å². The van der Waals surface area contributed by atoms with Crippen LogP contribution in [-0.2, 0) is 20.0 Å². The highest BCUT2D eigenvalue weighted by Crippen LogP contribution is 2.37. The van der Waals surface area contributed by atoms with Crippen molar-refractivity contribution in [3.8, 4) is 11.5 Å². The second-order valence-electron chi connectivity index (χ2n) is 9.76. The van der Waals surface area contributed by atoms with Gasteiger partial charge in [0.15, 0.2) is 5.82 Å². The van der Waals surface area contributed by atoms with E-state index in [1.807, 2.05) is 30.0 Å². The Hall–Kier alpha value is -2.83. The minimum atomic E-state index is -0.0393. The van der Waals surface area contributed by atoms with Gasteiger partial charge in [0.05, 0.1) is 16.7 Å². The van der Waals surface area contributed by atoms with Crippen LogP contribution >= 0.6 is 11.6 Å². The molecule has 0 spiro atoms. The minimum Gasteiger partial charge on any atom is -0.338 e. The second-order valence-corrected chi connectivity index (χ2v) is 10.2. The summed E-state index contributed by atoms with van der Waals surface area (Å²) in [5, 5.41) is 1.87. The summed E-state index contributed by atoms with van der Waals surface area (Å²) in [6.07, 6.45) is 3.40. The quantitative estimate of drug-likeness (QED) is 0.472. The number of carbonyl (C=O) groups is 1. The van der Waals surface area contributed by atoms with Crippen LogP contribution in [0.5, 0.6) is 0 Å². The predicted octanol–water partition coefficient (Wildman–Crippen LogP) is 4.60. The van der Waals surface area contributed by atoms with Gasteiger partial charge in [0.2, 0.25) is 0 Å². The number of carbonyl (C=O) groups excluding carboxylic acids is 1. The largest absolute Gasteiger partial charge is 0.338 e. The number of aromatic nitrogens is 3. The molecule has 2 aromatic heterocycles. The Morgan fingerprint density at radius 3 is 2.76 bits per heavy atom. The van der Waals surface area contributed by atoms with E-state index in [0.717, 1.165) is 63.0 Å². The molecule has 0 saturated heterocycles. The van der Waals surface area contributed by atoms with Gasteiger partial charge in [-0.15, -0.1) is 0 Å². The molecule has 6 rings (SSSR count). The molecule has 1 atom stereocenters. The number of imidazole rings is 1. The van der Waals surface area contributed by atoms with Gasteiger partial charge < -0.3 is 19.8 Å². The number of nitrogens with two attached hydrogens (primary N) is 1. The van der Waals surface area contributed by atoms with Crippen molar-refractivity contribution in [3.05, 3.63) is 52.5 Å². The Morgan fingerprint density at radius 2 is 2.00 bits per heavy atom. The molecule has 1 amide bonds. The molecule has 1 aliphatic heterocycles. The maximum absolute atomic E-state index is 13.1. The van der Waals surface area contributed by atoms with Gasteiger partial charge in [0.25, 0.3) is 5.91 Å². The van der Waals surface area contributed by atoms with Crippen molar-refractivity contribution in [2.24, 2.45) is 18.7 Å². The van der Waals surface area contributed by atoms with E-state index >= 15 is 0 Å². The molecule has 7 heteroatoms. The Balaban J connectivity index is 1.48. The molecule has 1 fully saturated rings. The van der Waals surface area contributed by atoms with Gasteiger partial charge in [-0.25, -0.2) is 4.98 Å². The third kappa shape index (κ3) is 3.52. The topological polar surface area (TPSA) is 69.1 Å². The molecule has 0 bridgehead atoms. The number of amides is 1. The number of aryl methyl sites for hydroxylation is 1. The lowest BCUT2D eigenvalue weighted by Gasteiger charge is -2.29. The van der Waals surface area contributed by atoms with E-state index in [-0.39, 0.29) is 11.9 Å². The fourth-order valence-electron chi connectivity index (χ4n) is 5.15. The molecule has 2 N–H and O–H groups in total. The SMILES string of the molecule is C[C@@H](N)CN1CCc2cc3c(cc2C1=O)nc(-c1cc2cc(Cl)ccc2n1CC1CC1)n3C. The molecule has 170 valence electrons. The molecule has 0 radical (unpaired) electrons. The van der Waals surface area contributed by atoms with E-state index < -0.39 is 0 Å². The molecule has 2 aliphatic rings. The third-order valence-electron chi connectivity index (χ3n) is 7.01. The highest BCUT2D eigenvalue weighted by atomic mass is 35.5. The fourth-order valence-corrected chi connectivity index (χ4v) is 5.33. The summed E-state index contributed by atoms with van der Waals surface area (Å²) in [4.78, 5) is 20.0. The normalized spacial score (nSPS) is 17.2. The van der Waals surface area contributed by atoms with Crippen molar-refractivity contribution >= 4 is 39.4 Å². The zero-order valence-electron chi connectivity index (χ0n) is 19.0. The Labute approximate surface area is 197 Å². The fraction of sp³-hybridized carbons (Fsp3) is 0.385. The first kappa shape index (κ1) is 20.8. The molecular weight excluding hydrogens is 434 g/mol. The highest BCUT2D eigenvalue weighted by molar-refractivity contribution is 6.31. The standard InChI is InChI=1S/C26H28ClN5O/c1-15(28)13-31-8-7-17-10-23-21(12-20(17)26(31)33)29-25(30(23)2)24-11-18-9-19(27)5-6-22(18)32(24)14-16-3-4-16/h5-6,9-12,15-16H,3-4,7-8,13-14,28H2,1-2H3/t15-/m1/s1. The first-order chi connectivity index (χ1) is 15.9. The number of hydrogen-bond donors (Lipinski definition) is 1. The molecule has 6 nitrogen and oxygen atoms in total. The van der Waals surface area contributed by atoms with Gasteiger partial charge in [-0.05, 0) is 74.1 Å². The highest BCUT2D eigenvalue weighted by Gasteiger charge is 2.28. The first-order valence-corrected chi connectivity index (χ1v) is 12.1. The summed E-state index contributed by atoms with van der Waals surface area (Å²) in [6, 6.07) is 12.4. The number of nitrogens with zero attached hydrogens (tertiary/aromatic N) is 4. The summed E-state index contributed by atoms with van der Waals surface area (Å²) in [7, 11) is 2.07. The van der Waals surface area contributed by atoms with Crippen molar-refractivity contribution in [1.29, 1.82) is 0 Å². The maximum Gasteiger partial charge on any atom is 0.254 e. The third-order valence-corrected chi connectivity index (χ3v) is 7.25. The van der Waals surface area contributed by atoms with Crippen LogP contribution in [0, 0.1) is 5.92 Å². The molecule has 1 aliphatic carbocycles. The summed E-state index contributed by atoms with van der Waals surface area (Å²) in [6.45, 7) is 4.21. The lowest BCUT2D eigenvalue weighted by atomic mass is 9.97. The lowest BCUT2D eigenvalue weighted by molar-refractivity contribution is 0.0732. The van der Waals surface area contributed by atoms with Crippen LogP contribution in [-0.4, -0.2) is 44.1 Å². The summed E-state index contributed by atoms with van der Waals surface area (Å²) in [5.74, 6) is 1.70. The van der Waals surface area contributed by atoms with Crippen molar-refractivity contribution < 1.29 is 4.79 Å². The van der Waals surface area contributed by atoms with Gasteiger partial charge in [0.1, 0.15) is 0 Å². The van der Waals surface area contributed by atoms with E-state index in [2.05, 4.69) is 34.4 Å². The molecule has 33 heavy (non-hydrogen) atoms. The Kier molecular flexibility index (Phi) is 4.78. The monoisotopic (exact) mass is 461 g/mol. The van der Waals surface area contributed by atoms with Crippen LogP contribution in [0.4, 0.5) is 0 Å². The Bertz CT molecular complexity index is 1410. The lowest BCUT2D eigenvalue weighted by Crippen LogP contribution is -2.43.